The van der Waals surface area contributed by atoms with Crippen LogP contribution in [0.4, 0.5) is 5.69 Å². The van der Waals surface area contributed by atoms with Crippen LogP contribution in [0.2, 0.25) is 0 Å². The van der Waals surface area contributed by atoms with E-state index in [2.05, 4.69) is 37.2 Å². The van der Waals surface area contributed by atoms with Crippen molar-refractivity contribution in [2.24, 2.45) is 0 Å². The Labute approximate surface area is 139 Å². The maximum absolute atomic E-state index is 12.1. The summed E-state index contributed by atoms with van der Waals surface area (Å²) in [5.41, 5.74) is 0.600. The number of rotatable bonds is 4. The van der Waals surface area contributed by atoms with Gasteiger partial charge in [-0.3, -0.25) is 4.79 Å². The number of aromatic hydroxyl groups is 1. The van der Waals surface area contributed by atoms with E-state index in [1.165, 1.54) is 12.1 Å². The van der Waals surface area contributed by atoms with Crippen molar-refractivity contribution >= 4 is 43.5 Å². The minimum absolute atomic E-state index is 0.149. The summed E-state index contributed by atoms with van der Waals surface area (Å²) in [4.78, 5) is 12.1. The smallest absolute Gasteiger partial charge is 0.265 e. The van der Waals surface area contributed by atoms with Gasteiger partial charge < -0.3 is 15.2 Å². The van der Waals surface area contributed by atoms with Crippen molar-refractivity contribution in [2.45, 2.75) is 13.0 Å². The number of ether oxygens (including phenoxy) is 1. The molecule has 1 atom stereocenters. The zero-order valence-corrected chi connectivity index (χ0v) is 14.3. The van der Waals surface area contributed by atoms with Crippen molar-refractivity contribution in [1.29, 1.82) is 0 Å². The summed E-state index contributed by atoms with van der Waals surface area (Å²) in [6.45, 7) is 1.67. The van der Waals surface area contributed by atoms with E-state index in [0.29, 0.717) is 11.4 Å². The van der Waals surface area contributed by atoms with Crippen LogP contribution in [0.3, 0.4) is 0 Å². The van der Waals surface area contributed by atoms with Crippen molar-refractivity contribution in [3.8, 4) is 11.5 Å². The first-order valence-electron chi connectivity index (χ1n) is 6.17. The molecular formula is C15H13Br2NO3. The van der Waals surface area contributed by atoms with Gasteiger partial charge in [0.2, 0.25) is 0 Å². The summed E-state index contributed by atoms with van der Waals surface area (Å²) in [6, 6.07) is 11.7. The molecule has 2 rings (SSSR count). The van der Waals surface area contributed by atoms with Crippen LogP contribution in [0.15, 0.2) is 51.4 Å². The van der Waals surface area contributed by atoms with E-state index in [0.717, 1.165) is 8.95 Å². The Kier molecular flexibility index (Phi) is 5.25. The molecule has 21 heavy (non-hydrogen) atoms. The summed E-state index contributed by atoms with van der Waals surface area (Å²) in [7, 11) is 0. The average molecular weight is 415 g/mol. The van der Waals surface area contributed by atoms with Gasteiger partial charge in [-0.15, -0.1) is 0 Å². The maximum atomic E-state index is 12.1. The molecule has 0 aromatic heterocycles. The number of amides is 1. The summed E-state index contributed by atoms with van der Waals surface area (Å²) < 4.78 is 7.31. The van der Waals surface area contributed by atoms with E-state index in [1.807, 2.05) is 12.1 Å². The monoisotopic (exact) mass is 413 g/mol. The van der Waals surface area contributed by atoms with Gasteiger partial charge in [0.15, 0.2) is 6.10 Å². The highest BCUT2D eigenvalue weighted by Crippen LogP contribution is 2.29. The Balaban J connectivity index is 2.00. The number of phenols is 1. The molecule has 4 nitrogen and oxygen atoms in total. The van der Waals surface area contributed by atoms with Gasteiger partial charge in [-0.05, 0) is 65.3 Å². The van der Waals surface area contributed by atoms with E-state index in [-0.39, 0.29) is 11.7 Å². The Hall–Kier alpha value is -1.53. The molecule has 0 aliphatic heterocycles. The van der Waals surface area contributed by atoms with Gasteiger partial charge in [-0.2, -0.15) is 0 Å². The van der Waals surface area contributed by atoms with Crippen molar-refractivity contribution in [3.63, 3.8) is 0 Å². The number of phenolic OH excluding ortho intramolecular Hbond substituents is 1. The standard InChI is InChI=1S/C15H13Br2NO3/c1-9(21-14-7-2-10(16)8-13(14)17)15(20)18-11-3-5-12(19)6-4-11/h2-9,19H,1H3,(H,18,20)/t9-/m1/s1. The van der Waals surface area contributed by atoms with Gasteiger partial charge >= 0.3 is 0 Å². The fourth-order valence-electron chi connectivity index (χ4n) is 1.60. The normalized spacial score (nSPS) is 11.8. The molecule has 2 aromatic rings. The Morgan fingerprint density at radius 3 is 2.48 bits per heavy atom. The van der Waals surface area contributed by atoms with E-state index in [1.54, 1.807) is 25.1 Å². The lowest BCUT2D eigenvalue weighted by Gasteiger charge is -2.16. The molecule has 0 saturated carbocycles. The highest BCUT2D eigenvalue weighted by molar-refractivity contribution is 9.11. The van der Waals surface area contributed by atoms with E-state index >= 15 is 0 Å². The summed E-state index contributed by atoms with van der Waals surface area (Å²) in [5.74, 6) is 0.471. The lowest BCUT2D eigenvalue weighted by Crippen LogP contribution is -2.30. The molecule has 0 fully saturated rings. The summed E-state index contributed by atoms with van der Waals surface area (Å²) >= 11 is 6.74. The van der Waals surface area contributed by atoms with Gasteiger partial charge in [0.25, 0.3) is 5.91 Å². The van der Waals surface area contributed by atoms with Gasteiger partial charge in [-0.25, -0.2) is 0 Å². The number of carbonyl (C=O) groups is 1. The second-order valence-electron chi connectivity index (χ2n) is 4.37. The molecule has 110 valence electrons. The zero-order valence-electron chi connectivity index (χ0n) is 11.1. The zero-order chi connectivity index (χ0) is 15.4. The second kappa shape index (κ2) is 6.95. The van der Waals surface area contributed by atoms with Gasteiger partial charge in [-0.1, -0.05) is 15.9 Å². The van der Waals surface area contributed by atoms with Gasteiger partial charge in [0.1, 0.15) is 11.5 Å². The lowest BCUT2D eigenvalue weighted by molar-refractivity contribution is -0.122. The highest BCUT2D eigenvalue weighted by Gasteiger charge is 2.16. The van der Waals surface area contributed by atoms with Crippen molar-refractivity contribution in [1.82, 2.24) is 0 Å². The van der Waals surface area contributed by atoms with Crippen molar-refractivity contribution in [2.75, 3.05) is 5.32 Å². The molecule has 0 spiro atoms. The average Bonchev–Trinajstić information content (AvgIpc) is 2.44. The van der Waals surface area contributed by atoms with Crippen molar-refractivity contribution in [3.05, 3.63) is 51.4 Å². The number of benzene rings is 2. The quantitative estimate of drug-likeness (QED) is 0.732. The molecule has 0 radical (unpaired) electrons. The summed E-state index contributed by atoms with van der Waals surface area (Å²) in [6.07, 6.45) is -0.656. The van der Waals surface area contributed by atoms with E-state index in [9.17, 15) is 9.90 Å². The molecule has 0 bridgehead atoms. The molecule has 0 aliphatic carbocycles. The van der Waals surface area contributed by atoms with E-state index in [4.69, 9.17) is 4.74 Å². The number of hydrogen-bond donors (Lipinski definition) is 2. The Morgan fingerprint density at radius 1 is 1.19 bits per heavy atom. The first kappa shape index (κ1) is 15.9. The predicted octanol–water partition coefficient (Wildman–Crippen LogP) is 4.32. The van der Waals surface area contributed by atoms with E-state index < -0.39 is 6.10 Å². The minimum Gasteiger partial charge on any atom is -0.508 e. The summed E-state index contributed by atoms with van der Waals surface area (Å²) in [5, 5.41) is 11.9. The first-order valence-corrected chi connectivity index (χ1v) is 7.76. The Morgan fingerprint density at radius 2 is 1.86 bits per heavy atom. The molecule has 0 unspecified atom stereocenters. The molecule has 2 N–H and O–H groups in total. The number of halogens is 2. The number of nitrogens with one attached hydrogen (secondary N) is 1. The third kappa shape index (κ3) is 4.47. The van der Waals surface area contributed by atoms with Crippen LogP contribution >= 0.6 is 31.9 Å². The van der Waals surface area contributed by atoms with Crippen LogP contribution in [0.5, 0.6) is 11.5 Å². The van der Waals surface area contributed by atoms with Gasteiger partial charge in [0, 0.05) is 10.2 Å². The van der Waals surface area contributed by atoms with Crippen molar-refractivity contribution < 1.29 is 14.6 Å². The van der Waals surface area contributed by atoms with Crippen LogP contribution in [0.1, 0.15) is 6.92 Å². The molecule has 0 aliphatic rings. The second-order valence-corrected chi connectivity index (χ2v) is 6.14. The molecule has 2 aromatic carbocycles. The molecule has 0 heterocycles. The molecular weight excluding hydrogens is 402 g/mol. The fourth-order valence-corrected chi connectivity index (χ4v) is 2.74. The third-order valence-corrected chi connectivity index (χ3v) is 3.81. The topological polar surface area (TPSA) is 58.6 Å². The van der Waals surface area contributed by atoms with Crippen LogP contribution in [0.25, 0.3) is 0 Å². The lowest BCUT2D eigenvalue weighted by atomic mass is 10.3. The number of hydrogen-bond acceptors (Lipinski definition) is 3. The largest absolute Gasteiger partial charge is 0.508 e. The molecule has 6 heteroatoms. The maximum Gasteiger partial charge on any atom is 0.265 e. The molecule has 1 amide bonds. The number of anilines is 1. The SMILES string of the molecule is C[C@@H](Oc1ccc(Br)cc1Br)C(=O)Nc1ccc(O)cc1. The van der Waals surface area contributed by atoms with Crippen LogP contribution in [0, 0.1) is 0 Å². The predicted molar refractivity (Wildman–Crippen MR) is 88.7 cm³/mol. The van der Waals surface area contributed by atoms with Gasteiger partial charge in [0.05, 0.1) is 4.47 Å². The molecule has 0 saturated heterocycles. The Bertz CT molecular complexity index is 644. The first-order chi connectivity index (χ1) is 9.95. The third-order valence-electron chi connectivity index (χ3n) is 2.70. The van der Waals surface area contributed by atoms with Crippen LogP contribution < -0.4 is 10.1 Å². The fraction of sp³-hybridized carbons (Fsp3) is 0.133. The van der Waals surface area contributed by atoms with Crippen LogP contribution in [-0.2, 0) is 4.79 Å². The number of carbonyl (C=O) groups excluding carboxylic acids is 1. The highest BCUT2D eigenvalue weighted by atomic mass is 79.9. The van der Waals surface area contributed by atoms with Crippen LogP contribution in [-0.4, -0.2) is 17.1 Å². The minimum atomic E-state index is -0.656.